The molecule has 1 aromatic rings. The molecular weight excluding hydrogens is 488 g/mol. The van der Waals surface area contributed by atoms with Crippen LogP contribution >= 0.6 is 11.8 Å². The Balaban J connectivity index is 1.69. The summed E-state index contributed by atoms with van der Waals surface area (Å²) in [5.74, 6) is 0.766. The smallest absolute Gasteiger partial charge is 0.408 e. The second-order valence-electron chi connectivity index (χ2n) is 11.1. The van der Waals surface area contributed by atoms with Gasteiger partial charge in [0.15, 0.2) is 0 Å². The van der Waals surface area contributed by atoms with E-state index in [9.17, 15) is 14.4 Å². The Morgan fingerprint density at radius 3 is 2.43 bits per heavy atom. The number of nitrogens with one attached hydrogen (secondary N) is 2. The van der Waals surface area contributed by atoms with Gasteiger partial charge in [0.05, 0.1) is 6.10 Å². The molecule has 3 amide bonds. The van der Waals surface area contributed by atoms with Crippen LogP contribution in [0.5, 0.6) is 0 Å². The highest BCUT2D eigenvalue weighted by atomic mass is 32.2. The number of ether oxygens (including phenoxy) is 1. The highest BCUT2D eigenvalue weighted by molar-refractivity contribution is 7.99. The van der Waals surface area contributed by atoms with Gasteiger partial charge in [-0.1, -0.05) is 30.3 Å². The molecule has 1 saturated carbocycles. The van der Waals surface area contributed by atoms with Crippen LogP contribution in [0.1, 0.15) is 71.8 Å². The van der Waals surface area contributed by atoms with Crippen molar-refractivity contribution in [1.82, 2.24) is 15.5 Å². The number of nitrogens with two attached hydrogens (primary N) is 1. The first-order valence-electron chi connectivity index (χ1n) is 13.6. The predicted molar refractivity (Wildman–Crippen MR) is 148 cm³/mol. The molecule has 2 atom stereocenters. The van der Waals surface area contributed by atoms with Crippen LogP contribution in [0, 0.1) is 5.92 Å². The van der Waals surface area contributed by atoms with Gasteiger partial charge in [-0.3, -0.25) is 9.59 Å². The monoisotopic (exact) mass is 532 g/mol. The van der Waals surface area contributed by atoms with Crippen LogP contribution in [-0.4, -0.2) is 64.9 Å². The molecule has 1 aromatic carbocycles. The zero-order valence-electron chi connectivity index (χ0n) is 22.7. The number of rotatable bonds is 10. The fraction of sp³-hybridized carbons (Fsp3) is 0.679. The Kier molecular flexibility index (Phi) is 10.7. The molecule has 0 aromatic heterocycles. The minimum absolute atomic E-state index is 0.112. The SMILES string of the molecule is CC(C)OC(=O)N[C@@H](C(=O)N1CCC[C@H]1C(=O)NCC1CCC(N)CC1)C(C)(C)SCc1ccccc1. The van der Waals surface area contributed by atoms with Crippen LogP contribution in [0.2, 0.25) is 0 Å². The van der Waals surface area contributed by atoms with E-state index in [1.807, 2.05) is 44.2 Å². The first-order valence-corrected chi connectivity index (χ1v) is 14.5. The summed E-state index contributed by atoms with van der Waals surface area (Å²) in [6.45, 7) is 8.56. The summed E-state index contributed by atoms with van der Waals surface area (Å²) in [5, 5.41) is 5.93. The Bertz CT molecular complexity index is 903. The largest absolute Gasteiger partial charge is 0.447 e. The van der Waals surface area contributed by atoms with E-state index in [4.69, 9.17) is 10.5 Å². The molecule has 2 aliphatic rings. The Morgan fingerprint density at radius 1 is 1.11 bits per heavy atom. The first kappa shape index (κ1) is 29.3. The fourth-order valence-corrected chi connectivity index (χ4v) is 6.11. The van der Waals surface area contributed by atoms with Crippen molar-refractivity contribution in [2.24, 2.45) is 11.7 Å². The third-order valence-corrected chi connectivity index (χ3v) is 8.75. The molecular formula is C28H44N4O4S. The number of amides is 3. The van der Waals surface area contributed by atoms with Crippen LogP contribution in [0.4, 0.5) is 4.79 Å². The predicted octanol–water partition coefficient (Wildman–Crippen LogP) is 3.83. The molecule has 4 N–H and O–H groups in total. The van der Waals surface area contributed by atoms with Gasteiger partial charge in [0.2, 0.25) is 11.8 Å². The number of hydrogen-bond acceptors (Lipinski definition) is 6. The van der Waals surface area contributed by atoms with Crippen molar-refractivity contribution in [3.8, 4) is 0 Å². The van der Waals surface area contributed by atoms with Gasteiger partial charge in [-0.2, -0.15) is 0 Å². The number of likely N-dealkylation sites (tertiary alicyclic amines) is 1. The third kappa shape index (κ3) is 8.64. The minimum Gasteiger partial charge on any atom is -0.447 e. The average Bonchev–Trinajstić information content (AvgIpc) is 3.35. The van der Waals surface area contributed by atoms with Gasteiger partial charge in [0.25, 0.3) is 0 Å². The van der Waals surface area contributed by atoms with Crippen molar-refractivity contribution in [1.29, 1.82) is 0 Å². The summed E-state index contributed by atoms with van der Waals surface area (Å²) in [6, 6.07) is 8.92. The van der Waals surface area contributed by atoms with Crippen LogP contribution in [-0.2, 0) is 20.1 Å². The maximum atomic E-state index is 13.9. The third-order valence-electron chi connectivity index (χ3n) is 7.30. The molecule has 0 bridgehead atoms. The van der Waals surface area contributed by atoms with E-state index in [-0.39, 0.29) is 24.0 Å². The lowest BCUT2D eigenvalue weighted by Gasteiger charge is -2.37. The molecule has 0 unspecified atom stereocenters. The van der Waals surface area contributed by atoms with Crippen molar-refractivity contribution in [3.05, 3.63) is 35.9 Å². The van der Waals surface area contributed by atoms with E-state index in [2.05, 4.69) is 10.6 Å². The molecule has 37 heavy (non-hydrogen) atoms. The second-order valence-corrected chi connectivity index (χ2v) is 12.8. The molecule has 1 heterocycles. The van der Waals surface area contributed by atoms with Crippen molar-refractivity contribution in [2.45, 2.75) is 101 Å². The fourth-order valence-electron chi connectivity index (χ4n) is 5.05. The van der Waals surface area contributed by atoms with E-state index in [1.54, 1.807) is 30.5 Å². The maximum Gasteiger partial charge on any atom is 0.408 e. The Morgan fingerprint density at radius 2 is 1.78 bits per heavy atom. The lowest BCUT2D eigenvalue weighted by atomic mass is 9.86. The van der Waals surface area contributed by atoms with Gasteiger partial charge in [-0.05, 0) is 77.7 Å². The number of thioether (sulfide) groups is 1. The Hall–Kier alpha value is -2.26. The zero-order chi connectivity index (χ0) is 27.0. The Labute approximate surface area is 225 Å². The van der Waals surface area contributed by atoms with Crippen LogP contribution in [0.25, 0.3) is 0 Å². The number of alkyl carbamates (subject to hydrolysis) is 1. The van der Waals surface area contributed by atoms with Gasteiger partial charge >= 0.3 is 6.09 Å². The maximum absolute atomic E-state index is 13.9. The number of benzene rings is 1. The van der Waals surface area contributed by atoms with E-state index >= 15 is 0 Å². The highest BCUT2D eigenvalue weighted by Crippen LogP contribution is 2.34. The molecule has 1 saturated heterocycles. The van der Waals surface area contributed by atoms with Crippen LogP contribution in [0.15, 0.2) is 30.3 Å². The number of carbonyl (C=O) groups excluding carboxylic acids is 3. The average molecular weight is 533 g/mol. The molecule has 0 radical (unpaired) electrons. The summed E-state index contributed by atoms with van der Waals surface area (Å²) in [4.78, 5) is 41.4. The zero-order valence-corrected chi connectivity index (χ0v) is 23.5. The quantitative estimate of drug-likeness (QED) is 0.422. The van der Waals surface area contributed by atoms with Crippen molar-refractivity contribution >= 4 is 29.7 Å². The van der Waals surface area contributed by atoms with Crippen LogP contribution in [0.3, 0.4) is 0 Å². The molecule has 8 nitrogen and oxygen atoms in total. The topological polar surface area (TPSA) is 114 Å². The van der Waals surface area contributed by atoms with Gasteiger partial charge < -0.3 is 26.0 Å². The van der Waals surface area contributed by atoms with E-state index in [0.717, 1.165) is 37.7 Å². The number of nitrogens with zero attached hydrogens (tertiary/aromatic N) is 1. The summed E-state index contributed by atoms with van der Waals surface area (Å²) in [7, 11) is 0. The molecule has 9 heteroatoms. The van der Waals surface area contributed by atoms with Gasteiger partial charge in [-0.25, -0.2) is 4.79 Å². The van der Waals surface area contributed by atoms with Crippen LogP contribution < -0.4 is 16.4 Å². The summed E-state index contributed by atoms with van der Waals surface area (Å²) in [5.41, 5.74) is 7.15. The van der Waals surface area contributed by atoms with Gasteiger partial charge in [0, 0.05) is 29.6 Å². The second kappa shape index (κ2) is 13.5. The van der Waals surface area contributed by atoms with Crippen molar-refractivity contribution < 1.29 is 19.1 Å². The minimum atomic E-state index is -0.847. The lowest BCUT2D eigenvalue weighted by molar-refractivity contribution is -0.140. The number of carbonyl (C=O) groups is 3. The van der Waals surface area contributed by atoms with Gasteiger partial charge in [0.1, 0.15) is 12.1 Å². The normalized spacial score (nSPS) is 23.0. The van der Waals surface area contributed by atoms with E-state index in [0.29, 0.717) is 31.2 Å². The first-order chi connectivity index (χ1) is 17.6. The summed E-state index contributed by atoms with van der Waals surface area (Å²) in [6.07, 6.45) is 4.45. The molecule has 1 aliphatic heterocycles. The standard InChI is InChI=1S/C28H44N4O4S/c1-19(2)36-27(35)31-24(28(3,4)37-18-21-9-6-5-7-10-21)26(34)32-16-8-11-23(32)25(33)30-17-20-12-14-22(29)15-13-20/h5-7,9-10,19-20,22-24H,8,11-18,29H2,1-4H3,(H,30,33)(H,31,35)/t20?,22?,23-,24-/m0/s1. The summed E-state index contributed by atoms with van der Waals surface area (Å²) < 4.78 is 4.68. The summed E-state index contributed by atoms with van der Waals surface area (Å²) >= 11 is 1.60. The molecule has 206 valence electrons. The van der Waals surface area contributed by atoms with E-state index in [1.165, 1.54) is 0 Å². The lowest BCUT2D eigenvalue weighted by Crippen LogP contribution is -2.60. The van der Waals surface area contributed by atoms with Crippen molar-refractivity contribution in [2.75, 3.05) is 13.1 Å². The molecule has 1 aliphatic carbocycles. The highest BCUT2D eigenvalue weighted by Gasteiger charge is 2.44. The molecule has 2 fully saturated rings. The van der Waals surface area contributed by atoms with Gasteiger partial charge in [-0.15, -0.1) is 11.8 Å². The van der Waals surface area contributed by atoms with Crippen molar-refractivity contribution in [3.63, 3.8) is 0 Å². The molecule has 0 spiro atoms. The van der Waals surface area contributed by atoms with E-state index < -0.39 is 22.9 Å². The molecule has 3 rings (SSSR count). The number of hydrogen-bond donors (Lipinski definition) is 3.